The first kappa shape index (κ1) is 33.4. The summed E-state index contributed by atoms with van der Waals surface area (Å²) in [4.78, 5) is 82.7. The number of nitro groups is 2. The van der Waals surface area contributed by atoms with Gasteiger partial charge in [-0.2, -0.15) is 0 Å². The van der Waals surface area contributed by atoms with Crippen molar-refractivity contribution in [1.29, 1.82) is 0 Å². The van der Waals surface area contributed by atoms with Gasteiger partial charge in [0.05, 0.1) is 32.0 Å². The van der Waals surface area contributed by atoms with Crippen LogP contribution in [0.4, 0.5) is 11.4 Å². The summed E-state index contributed by atoms with van der Waals surface area (Å²) in [6.45, 7) is 1.82. The van der Waals surface area contributed by atoms with Crippen LogP contribution in [0, 0.1) is 20.2 Å². The minimum Gasteiger partial charge on any atom is -0.353 e. The van der Waals surface area contributed by atoms with Crippen LogP contribution < -0.4 is 21.5 Å². The van der Waals surface area contributed by atoms with Crippen molar-refractivity contribution < 1.29 is 19.4 Å². The molecule has 4 aromatic carbocycles. The molecule has 2 amide bonds. The van der Waals surface area contributed by atoms with Crippen molar-refractivity contribution in [2.75, 3.05) is 33.2 Å². The Bertz CT molecular complexity index is 2300. The van der Waals surface area contributed by atoms with Crippen molar-refractivity contribution in [3.63, 3.8) is 0 Å². The van der Waals surface area contributed by atoms with Gasteiger partial charge in [0.1, 0.15) is 10.8 Å². The third kappa shape index (κ3) is 6.36. The Hall–Kier alpha value is -6.48. The number of carbonyl (C=O) groups is 2. The van der Waals surface area contributed by atoms with Gasteiger partial charge in [0.2, 0.25) is 10.9 Å². The molecule has 0 fully saturated rings. The number of rotatable bonds is 12. The lowest BCUT2D eigenvalue weighted by atomic mass is 10.0. The normalized spacial score (nSPS) is 11.4. The lowest BCUT2D eigenvalue weighted by Gasteiger charge is -2.17. The second-order valence-corrected chi connectivity index (χ2v) is 11.8. The number of nitro benzene ring substituents is 2. The van der Waals surface area contributed by atoms with Gasteiger partial charge in [0.25, 0.3) is 23.2 Å². The fourth-order valence-corrected chi connectivity index (χ4v) is 6.11. The largest absolute Gasteiger partial charge is 0.353 e. The number of para-hydroxylation sites is 2. The lowest BCUT2D eigenvalue weighted by Crippen LogP contribution is -2.31. The zero-order valence-corrected chi connectivity index (χ0v) is 26.8. The Morgan fingerprint density at radius 3 is 1.46 bits per heavy atom. The molecule has 4 N–H and O–H groups in total. The molecule has 6 rings (SSSR count). The van der Waals surface area contributed by atoms with Crippen LogP contribution in [0.15, 0.2) is 82.4 Å². The van der Waals surface area contributed by atoms with Crippen LogP contribution in [0.3, 0.4) is 0 Å². The standard InChI is InChI=1S/C35H31N7O8/c1-40(18-6-16-36-34(45)22-12-14-26(41(47)48)28-30(22)38-24-10-4-2-8-20(24)32(28)43)19-7-17-37-35(46)23-13-15-27(42(49)50)29-31(23)39-25-11-5-3-9-21(25)33(29)44/h2-5,8-15H,6-7,16-19H2,1H3,(H,36,45)(H,37,46)(H,38,43)(H,39,44). The maximum absolute atomic E-state index is 13.2. The van der Waals surface area contributed by atoms with E-state index in [9.17, 15) is 39.4 Å². The highest BCUT2D eigenvalue weighted by atomic mass is 16.6. The molecule has 254 valence electrons. The topological polar surface area (TPSA) is 213 Å². The number of H-pyrrole nitrogens is 2. The smallest absolute Gasteiger partial charge is 0.282 e. The van der Waals surface area contributed by atoms with E-state index in [1.54, 1.807) is 48.5 Å². The van der Waals surface area contributed by atoms with Crippen LogP contribution in [0.2, 0.25) is 0 Å². The van der Waals surface area contributed by atoms with Gasteiger partial charge in [-0.3, -0.25) is 39.4 Å². The molecule has 50 heavy (non-hydrogen) atoms. The Morgan fingerprint density at radius 1 is 0.660 bits per heavy atom. The zero-order chi connectivity index (χ0) is 35.5. The molecule has 0 radical (unpaired) electrons. The van der Waals surface area contributed by atoms with E-state index < -0.39 is 32.5 Å². The molecule has 0 unspecified atom stereocenters. The highest BCUT2D eigenvalue weighted by Gasteiger charge is 2.24. The van der Waals surface area contributed by atoms with E-state index in [2.05, 4.69) is 20.6 Å². The average Bonchev–Trinajstić information content (AvgIpc) is 3.11. The van der Waals surface area contributed by atoms with Crippen LogP contribution in [0.1, 0.15) is 33.6 Å². The number of pyridine rings is 2. The van der Waals surface area contributed by atoms with Crippen LogP contribution in [-0.4, -0.2) is 69.8 Å². The first-order valence-electron chi connectivity index (χ1n) is 15.8. The summed E-state index contributed by atoms with van der Waals surface area (Å²) in [7, 11) is 1.89. The van der Waals surface area contributed by atoms with Crippen molar-refractivity contribution in [3.05, 3.63) is 125 Å². The molecule has 15 nitrogen and oxygen atoms in total. The number of non-ortho nitro benzene ring substituents is 2. The molecule has 0 bridgehead atoms. The molecule has 6 aromatic rings. The number of nitrogens with one attached hydrogen (secondary N) is 4. The van der Waals surface area contributed by atoms with Gasteiger partial charge in [0.15, 0.2) is 0 Å². The number of aromatic amines is 2. The maximum Gasteiger partial charge on any atom is 0.282 e. The second kappa shape index (κ2) is 13.9. The number of benzene rings is 4. The molecule has 0 aliphatic heterocycles. The van der Waals surface area contributed by atoms with Crippen LogP contribution in [0.25, 0.3) is 43.6 Å². The SMILES string of the molecule is CN(CCCNC(=O)c1ccc([N+](=O)[O-])c2c(=O)c3ccccc3[nH]c12)CCCNC(=O)c1ccc([N+](=O)[O-])c2c(=O)c3ccccc3[nH]c12. The highest BCUT2D eigenvalue weighted by Crippen LogP contribution is 2.28. The number of amides is 2. The van der Waals surface area contributed by atoms with Crippen molar-refractivity contribution in [2.24, 2.45) is 0 Å². The monoisotopic (exact) mass is 677 g/mol. The van der Waals surface area contributed by atoms with Gasteiger partial charge in [-0.05, 0) is 69.4 Å². The van der Waals surface area contributed by atoms with E-state index in [1.807, 2.05) is 11.9 Å². The van der Waals surface area contributed by atoms with E-state index in [4.69, 9.17) is 0 Å². The zero-order valence-electron chi connectivity index (χ0n) is 26.8. The molecule has 0 aliphatic carbocycles. The minimum absolute atomic E-state index is 0.0981. The fraction of sp³-hybridized carbons (Fsp3) is 0.200. The van der Waals surface area contributed by atoms with Crippen LogP contribution in [0.5, 0.6) is 0 Å². The number of hydrogen-bond donors (Lipinski definition) is 4. The fourth-order valence-electron chi connectivity index (χ4n) is 6.11. The van der Waals surface area contributed by atoms with E-state index in [0.29, 0.717) is 50.1 Å². The summed E-state index contributed by atoms with van der Waals surface area (Å²) in [6.07, 6.45) is 1.16. The predicted octanol–water partition coefficient (Wildman–Crippen LogP) is 4.36. The minimum atomic E-state index is -0.642. The second-order valence-electron chi connectivity index (χ2n) is 11.8. The van der Waals surface area contributed by atoms with Gasteiger partial charge in [0, 0.05) is 47.0 Å². The summed E-state index contributed by atoms with van der Waals surface area (Å²) >= 11 is 0. The lowest BCUT2D eigenvalue weighted by molar-refractivity contribution is -0.383. The summed E-state index contributed by atoms with van der Waals surface area (Å²) in [5.74, 6) is -0.955. The van der Waals surface area contributed by atoms with E-state index in [1.165, 1.54) is 24.3 Å². The highest BCUT2D eigenvalue weighted by molar-refractivity contribution is 6.11. The van der Waals surface area contributed by atoms with E-state index in [-0.39, 0.29) is 55.1 Å². The summed E-state index contributed by atoms with van der Waals surface area (Å²) < 4.78 is 0. The van der Waals surface area contributed by atoms with Crippen molar-refractivity contribution in [2.45, 2.75) is 12.8 Å². The van der Waals surface area contributed by atoms with Crippen LogP contribution in [-0.2, 0) is 0 Å². The molecule has 0 aliphatic rings. The molecular formula is C35H31N7O8. The third-order valence-electron chi connectivity index (χ3n) is 8.57. The summed E-state index contributed by atoms with van der Waals surface area (Å²) in [5.41, 5.74) is -0.467. The van der Waals surface area contributed by atoms with Crippen molar-refractivity contribution in [3.8, 4) is 0 Å². The summed E-state index contributed by atoms with van der Waals surface area (Å²) in [6, 6.07) is 18.2. The van der Waals surface area contributed by atoms with Gasteiger partial charge in [-0.1, -0.05) is 24.3 Å². The number of aromatic nitrogens is 2. The van der Waals surface area contributed by atoms with E-state index >= 15 is 0 Å². The first-order chi connectivity index (χ1) is 24.1. The molecular weight excluding hydrogens is 646 g/mol. The molecule has 0 saturated carbocycles. The maximum atomic E-state index is 13.2. The summed E-state index contributed by atoms with van der Waals surface area (Å²) in [5, 5.41) is 29.3. The Morgan fingerprint density at radius 2 is 1.06 bits per heavy atom. The quantitative estimate of drug-likeness (QED) is 0.0626. The Balaban J connectivity index is 1.03. The molecule has 2 heterocycles. The van der Waals surface area contributed by atoms with Gasteiger partial charge in [-0.25, -0.2) is 0 Å². The van der Waals surface area contributed by atoms with E-state index in [0.717, 1.165) is 0 Å². The van der Waals surface area contributed by atoms with Crippen LogP contribution >= 0.6 is 0 Å². The predicted molar refractivity (Wildman–Crippen MR) is 189 cm³/mol. The Labute approximate surface area is 282 Å². The number of hydrogen-bond acceptors (Lipinski definition) is 9. The molecule has 0 spiro atoms. The number of carbonyl (C=O) groups excluding carboxylic acids is 2. The first-order valence-corrected chi connectivity index (χ1v) is 15.8. The number of nitrogens with zero attached hydrogens (tertiary/aromatic N) is 3. The van der Waals surface area contributed by atoms with Gasteiger partial charge >= 0.3 is 0 Å². The molecule has 0 atom stereocenters. The van der Waals surface area contributed by atoms with Crippen molar-refractivity contribution in [1.82, 2.24) is 25.5 Å². The Kier molecular flexibility index (Phi) is 9.32. The van der Waals surface area contributed by atoms with Gasteiger partial charge < -0.3 is 25.5 Å². The molecule has 2 aromatic heterocycles. The average molecular weight is 678 g/mol. The van der Waals surface area contributed by atoms with Crippen molar-refractivity contribution >= 4 is 66.8 Å². The van der Waals surface area contributed by atoms with Gasteiger partial charge in [-0.15, -0.1) is 0 Å². The molecule has 15 heteroatoms. The molecule has 0 saturated heterocycles. The number of fused-ring (bicyclic) bond motifs is 4. The third-order valence-corrected chi connectivity index (χ3v) is 8.57.